The standard InChI is InChI=1S/C24H31F2N3O/c1-17(2)18-5-7-19(8-6-18)24(30,22(3)14-28(4)15-22)20-11-21(13-27-12-20)29-10-9-23(25,26)16-29/h5-8,11-13,17,30H,9-10,14-16H2,1-4H3. The second-order valence-electron chi connectivity index (χ2n) is 9.68. The lowest BCUT2D eigenvalue weighted by Gasteiger charge is -2.56. The number of alkyl halides is 2. The molecule has 3 heterocycles. The highest BCUT2D eigenvalue weighted by Crippen LogP contribution is 2.50. The summed E-state index contributed by atoms with van der Waals surface area (Å²) >= 11 is 0. The van der Waals surface area contributed by atoms with E-state index in [1.807, 2.05) is 25.2 Å². The maximum absolute atomic E-state index is 13.8. The summed E-state index contributed by atoms with van der Waals surface area (Å²) in [6.07, 6.45) is 3.14. The third-order valence-electron chi connectivity index (χ3n) is 6.78. The van der Waals surface area contributed by atoms with Gasteiger partial charge in [0.25, 0.3) is 5.92 Å². The van der Waals surface area contributed by atoms with E-state index in [0.717, 1.165) is 18.7 Å². The molecule has 4 rings (SSSR count). The molecule has 0 radical (unpaired) electrons. The minimum Gasteiger partial charge on any atom is -0.380 e. The van der Waals surface area contributed by atoms with E-state index in [1.165, 1.54) is 5.56 Å². The van der Waals surface area contributed by atoms with E-state index in [-0.39, 0.29) is 13.0 Å². The molecule has 1 unspecified atom stereocenters. The highest BCUT2D eigenvalue weighted by atomic mass is 19.3. The van der Waals surface area contributed by atoms with Gasteiger partial charge in [-0.25, -0.2) is 8.78 Å². The SMILES string of the molecule is CC(C)c1ccc(C(O)(c2cncc(N3CCC(F)(F)C3)c2)C2(C)CN(C)C2)cc1. The fourth-order valence-corrected chi connectivity index (χ4v) is 5.10. The first kappa shape index (κ1) is 21.2. The molecule has 2 aliphatic heterocycles. The number of hydrogen-bond donors (Lipinski definition) is 1. The van der Waals surface area contributed by atoms with Gasteiger partial charge in [-0.1, -0.05) is 45.0 Å². The Morgan fingerprint density at radius 3 is 2.27 bits per heavy atom. The fourth-order valence-electron chi connectivity index (χ4n) is 5.10. The first-order valence-corrected chi connectivity index (χ1v) is 10.6. The lowest BCUT2D eigenvalue weighted by Crippen LogP contribution is -2.63. The maximum Gasteiger partial charge on any atom is 0.266 e. The van der Waals surface area contributed by atoms with Crippen molar-refractivity contribution in [1.82, 2.24) is 9.88 Å². The second kappa shape index (κ2) is 7.27. The Hall–Kier alpha value is -2.05. The molecule has 162 valence electrons. The molecule has 30 heavy (non-hydrogen) atoms. The number of nitrogens with zero attached hydrogens (tertiary/aromatic N) is 3. The Kier molecular flexibility index (Phi) is 5.14. The van der Waals surface area contributed by atoms with Crippen LogP contribution in [-0.4, -0.2) is 54.1 Å². The van der Waals surface area contributed by atoms with E-state index in [2.05, 4.69) is 42.8 Å². The quantitative estimate of drug-likeness (QED) is 0.793. The van der Waals surface area contributed by atoms with Gasteiger partial charge in [0.1, 0.15) is 5.60 Å². The Labute approximate surface area is 177 Å². The summed E-state index contributed by atoms with van der Waals surface area (Å²) in [6.45, 7) is 7.83. The molecule has 1 aromatic carbocycles. The summed E-state index contributed by atoms with van der Waals surface area (Å²) in [5.41, 5.74) is 1.65. The number of benzene rings is 1. The van der Waals surface area contributed by atoms with Crippen molar-refractivity contribution in [2.24, 2.45) is 5.41 Å². The highest BCUT2D eigenvalue weighted by Gasteiger charge is 2.55. The summed E-state index contributed by atoms with van der Waals surface area (Å²) in [5, 5.41) is 12.2. The molecule has 0 bridgehead atoms. The lowest BCUT2D eigenvalue weighted by atomic mass is 9.62. The van der Waals surface area contributed by atoms with Gasteiger partial charge < -0.3 is 14.9 Å². The van der Waals surface area contributed by atoms with Gasteiger partial charge in [0, 0.05) is 43.2 Å². The summed E-state index contributed by atoms with van der Waals surface area (Å²) in [4.78, 5) is 8.18. The molecular weight excluding hydrogens is 384 g/mol. The minimum absolute atomic E-state index is 0.152. The van der Waals surface area contributed by atoms with Crippen LogP contribution in [0.4, 0.5) is 14.5 Å². The van der Waals surface area contributed by atoms with Gasteiger partial charge in [-0.3, -0.25) is 4.98 Å². The van der Waals surface area contributed by atoms with Gasteiger partial charge in [0.15, 0.2) is 0 Å². The number of halogens is 2. The number of anilines is 1. The van der Waals surface area contributed by atoms with Crippen LogP contribution in [-0.2, 0) is 5.60 Å². The summed E-state index contributed by atoms with van der Waals surface area (Å²) in [7, 11) is 2.03. The van der Waals surface area contributed by atoms with Crippen molar-refractivity contribution in [3.63, 3.8) is 0 Å². The number of aliphatic hydroxyl groups is 1. The first-order chi connectivity index (χ1) is 14.0. The number of aromatic nitrogens is 1. The largest absolute Gasteiger partial charge is 0.380 e. The van der Waals surface area contributed by atoms with Crippen molar-refractivity contribution in [3.8, 4) is 0 Å². The van der Waals surface area contributed by atoms with Crippen LogP contribution < -0.4 is 4.90 Å². The summed E-state index contributed by atoms with van der Waals surface area (Å²) in [5.74, 6) is -2.28. The molecule has 6 heteroatoms. The maximum atomic E-state index is 13.8. The molecule has 2 fully saturated rings. The molecule has 1 aromatic heterocycles. The van der Waals surface area contributed by atoms with E-state index in [0.29, 0.717) is 23.7 Å². The predicted molar refractivity (Wildman–Crippen MR) is 115 cm³/mol. The van der Waals surface area contributed by atoms with Crippen LogP contribution in [0.15, 0.2) is 42.7 Å². The van der Waals surface area contributed by atoms with E-state index in [9.17, 15) is 13.9 Å². The zero-order chi connectivity index (χ0) is 21.7. The number of pyridine rings is 1. The molecule has 0 aliphatic carbocycles. The van der Waals surface area contributed by atoms with E-state index < -0.39 is 16.9 Å². The second-order valence-corrected chi connectivity index (χ2v) is 9.68. The zero-order valence-electron chi connectivity index (χ0n) is 18.2. The molecule has 2 aliphatic rings. The Morgan fingerprint density at radius 2 is 1.73 bits per heavy atom. The lowest BCUT2D eigenvalue weighted by molar-refractivity contribution is -0.127. The monoisotopic (exact) mass is 415 g/mol. The average molecular weight is 416 g/mol. The number of likely N-dealkylation sites (tertiary alicyclic amines) is 1. The van der Waals surface area contributed by atoms with Gasteiger partial charge in [0.2, 0.25) is 0 Å². The molecule has 2 aromatic rings. The molecule has 1 N–H and O–H groups in total. The van der Waals surface area contributed by atoms with E-state index >= 15 is 0 Å². The smallest absolute Gasteiger partial charge is 0.266 e. The summed E-state index contributed by atoms with van der Waals surface area (Å²) < 4.78 is 27.5. The van der Waals surface area contributed by atoms with Crippen molar-refractivity contribution in [2.75, 3.05) is 38.1 Å². The zero-order valence-corrected chi connectivity index (χ0v) is 18.2. The van der Waals surface area contributed by atoms with Crippen LogP contribution >= 0.6 is 0 Å². The van der Waals surface area contributed by atoms with Gasteiger partial charge in [-0.2, -0.15) is 0 Å². The summed E-state index contributed by atoms with van der Waals surface area (Å²) in [6, 6.07) is 9.96. The molecule has 0 spiro atoms. The van der Waals surface area contributed by atoms with Crippen LogP contribution in [0.3, 0.4) is 0 Å². The van der Waals surface area contributed by atoms with Crippen molar-refractivity contribution < 1.29 is 13.9 Å². The van der Waals surface area contributed by atoms with Crippen molar-refractivity contribution in [2.45, 2.75) is 44.6 Å². The Balaban J connectivity index is 1.77. The predicted octanol–water partition coefficient (Wildman–Crippen LogP) is 4.24. The molecule has 0 saturated carbocycles. The molecule has 4 nitrogen and oxygen atoms in total. The van der Waals surface area contributed by atoms with Gasteiger partial charge in [-0.15, -0.1) is 0 Å². The average Bonchev–Trinajstić information content (AvgIpc) is 3.06. The van der Waals surface area contributed by atoms with Crippen LogP contribution in [0.25, 0.3) is 0 Å². The van der Waals surface area contributed by atoms with Crippen LogP contribution in [0.5, 0.6) is 0 Å². The Bertz CT molecular complexity index is 909. The van der Waals surface area contributed by atoms with Gasteiger partial charge in [0.05, 0.1) is 18.4 Å². The van der Waals surface area contributed by atoms with Crippen LogP contribution in [0.1, 0.15) is 49.8 Å². The molecular formula is C24H31F2N3O. The van der Waals surface area contributed by atoms with Crippen LogP contribution in [0.2, 0.25) is 0 Å². The van der Waals surface area contributed by atoms with E-state index in [4.69, 9.17) is 0 Å². The molecule has 2 saturated heterocycles. The van der Waals surface area contributed by atoms with Crippen LogP contribution in [0, 0.1) is 5.41 Å². The third kappa shape index (κ3) is 3.50. The minimum atomic E-state index is -2.68. The fraction of sp³-hybridized carbons (Fsp3) is 0.542. The Morgan fingerprint density at radius 1 is 1.07 bits per heavy atom. The molecule has 1 atom stereocenters. The number of hydrogen-bond acceptors (Lipinski definition) is 4. The van der Waals surface area contributed by atoms with Gasteiger partial charge in [-0.05, 0) is 30.2 Å². The highest BCUT2D eigenvalue weighted by molar-refractivity contribution is 5.52. The third-order valence-corrected chi connectivity index (χ3v) is 6.78. The van der Waals surface area contributed by atoms with Crippen molar-refractivity contribution in [3.05, 3.63) is 59.4 Å². The van der Waals surface area contributed by atoms with Gasteiger partial charge >= 0.3 is 0 Å². The normalized spacial score (nSPS) is 22.7. The topological polar surface area (TPSA) is 39.6 Å². The van der Waals surface area contributed by atoms with Crippen molar-refractivity contribution >= 4 is 5.69 Å². The van der Waals surface area contributed by atoms with E-state index in [1.54, 1.807) is 17.3 Å². The van der Waals surface area contributed by atoms with Crippen molar-refractivity contribution in [1.29, 1.82) is 0 Å². The molecule has 0 amide bonds. The first-order valence-electron chi connectivity index (χ1n) is 10.6. The number of rotatable bonds is 5.